The smallest absolute Gasteiger partial charge is 0.224 e. The molecule has 1 aromatic carbocycles. The van der Waals surface area contributed by atoms with Crippen molar-refractivity contribution in [1.82, 2.24) is 0 Å². The first-order chi connectivity index (χ1) is 16.1. The Morgan fingerprint density at radius 3 is 1.88 bits per heavy atom. The van der Waals surface area contributed by atoms with Gasteiger partial charge in [-0.05, 0) is 37.5 Å². The predicted molar refractivity (Wildman–Crippen MR) is 141 cm³/mol. The number of hydrogen-bond donors (Lipinski definition) is 1. The topological polar surface area (TPSA) is 55.4 Å². The number of unbranched alkanes of at least 4 members (excludes halogenated alkanes) is 13. The summed E-state index contributed by atoms with van der Waals surface area (Å²) in [6.45, 7) is 2.26. The number of Topliss-reactive ketones (excluding diaryl/α,β-unsaturated/α-hetero) is 1. The second-order valence-corrected chi connectivity index (χ2v) is 9.40. The number of hydrogen-bond acceptors (Lipinski definition) is 3. The predicted octanol–water partition coefficient (Wildman–Crippen LogP) is 8.71. The number of amides is 1. The van der Waals surface area contributed by atoms with Crippen LogP contribution in [0, 0.1) is 0 Å². The van der Waals surface area contributed by atoms with Crippen molar-refractivity contribution in [2.75, 3.05) is 18.3 Å². The highest BCUT2D eigenvalue weighted by Gasteiger charge is 2.14. The van der Waals surface area contributed by atoms with Crippen LogP contribution in [0.3, 0.4) is 0 Å². The van der Waals surface area contributed by atoms with Crippen LogP contribution in [0.25, 0.3) is 0 Å². The Labute approximate surface area is 207 Å². The van der Waals surface area contributed by atoms with Gasteiger partial charge in [0, 0.05) is 24.4 Å². The minimum atomic E-state index is 0.00350. The molecule has 0 bridgehead atoms. The number of benzene rings is 1. The average molecular weight is 480 g/mol. The molecule has 0 fully saturated rings. The Morgan fingerprint density at radius 1 is 0.788 bits per heavy atom. The third kappa shape index (κ3) is 14.3. The van der Waals surface area contributed by atoms with Gasteiger partial charge in [-0.1, -0.05) is 84.0 Å². The maximum Gasteiger partial charge on any atom is 0.224 e. The Kier molecular flexibility index (Phi) is 17.8. The van der Waals surface area contributed by atoms with Gasteiger partial charge >= 0.3 is 0 Å². The quantitative estimate of drug-likeness (QED) is 0.109. The van der Waals surface area contributed by atoms with Crippen molar-refractivity contribution in [3.8, 4) is 5.75 Å². The number of methoxy groups -OCH3 is 1. The third-order valence-corrected chi connectivity index (χ3v) is 6.35. The van der Waals surface area contributed by atoms with Gasteiger partial charge in [0.05, 0.1) is 12.7 Å². The number of halogens is 1. The second kappa shape index (κ2) is 19.9. The molecule has 1 amide bonds. The van der Waals surface area contributed by atoms with E-state index in [9.17, 15) is 9.59 Å². The first-order valence-corrected chi connectivity index (χ1v) is 13.7. The lowest BCUT2D eigenvalue weighted by Gasteiger charge is -2.11. The number of ether oxygens (including phenoxy) is 1. The standard InChI is InChI=1S/C28H46ClNO3/c1-3-4-5-6-7-8-9-10-11-12-13-14-15-19-28(32)30-24-20-21-27(33-2)25(23-24)26(31)18-16-17-22-29/h20-21,23H,3-19,22H2,1-2H3,(H,30,32). The molecule has 0 radical (unpaired) electrons. The molecule has 188 valence electrons. The van der Waals surface area contributed by atoms with E-state index >= 15 is 0 Å². The van der Waals surface area contributed by atoms with E-state index in [1.807, 2.05) is 0 Å². The SMILES string of the molecule is CCCCCCCCCCCCCCCC(=O)Nc1ccc(OC)c(C(=O)CCCCCl)c1. The number of alkyl halides is 1. The van der Waals surface area contributed by atoms with Crippen LogP contribution in [0.5, 0.6) is 5.75 Å². The van der Waals surface area contributed by atoms with Gasteiger partial charge in [-0.25, -0.2) is 0 Å². The zero-order valence-electron chi connectivity index (χ0n) is 21.1. The van der Waals surface area contributed by atoms with Crippen molar-refractivity contribution in [2.45, 2.75) is 116 Å². The molecule has 1 N–H and O–H groups in total. The fraction of sp³-hybridized carbons (Fsp3) is 0.714. The van der Waals surface area contributed by atoms with Crippen LogP contribution in [-0.2, 0) is 4.79 Å². The van der Waals surface area contributed by atoms with Crippen molar-refractivity contribution >= 4 is 29.0 Å². The number of nitrogens with one attached hydrogen (secondary N) is 1. The molecular weight excluding hydrogens is 434 g/mol. The molecule has 4 nitrogen and oxygen atoms in total. The molecule has 0 atom stereocenters. The van der Waals surface area contributed by atoms with Crippen LogP contribution in [0.1, 0.15) is 126 Å². The first kappa shape index (κ1) is 29.5. The van der Waals surface area contributed by atoms with Crippen molar-refractivity contribution in [1.29, 1.82) is 0 Å². The lowest BCUT2D eigenvalue weighted by atomic mass is 10.0. The van der Waals surface area contributed by atoms with Gasteiger partial charge in [0.15, 0.2) is 5.78 Å². The van der Waals surface area contributed by atoms with E-state index in [1.165, 1.54) is 70.6 Å². The largest absolute Gasteiger partial charge is 0.496 e. The van der Waals surface area contributed by atoms with Crippen LogP contribution < -0.4 is 10.1 Å². The molecule has 0 aliphatic carbocycles. The van der Waals surface area contributed by atoms with Gasteiger partial charge in [-0.2, -0.15) is 0 Å². The molecule has 0 heterocycles. The zero-order valence-corrected chi connectivity index (χ0v) is 21.8. The fourth-order valence-electron chi connectivity index (χ4n) is 4.05. The van der Waals surface area contributed by atoms with Crippen molar-refractivity contribution in [3.05, 3.63) is 23.8 Å². The Morgan fingerprint density at radius 2 is 1.33 bits per heavy atom. The number of rotatable bonds is 21. The summed E-state index contributed by atoms with van der Waals surface area (Å²) in [7, 11) is 1.55. The molecule has 0 aromatic heterocycles. The van der Waals surface area contributed by atoms with Crippen molar-refractivity contribution in [2.24, 2.45) is 0 Å². The zero-order chi connectivity index (χ0) is 24.2. The average Bonchev–Trinajstić information content (AvgIpc) is 2.82. The highest BCUT2D eigenvalue weighted by Crippen LogP contribution is 2.25. The van der Waals surface area contributed by atoms with Crippen LogP contribution in [-0.4, -0.2) is 24.7 Å². The molecule has 1 aromatic rings. The summed E-state index contributed by atoms with van der Waals surface area (Å²) in [5.41, 5.74) is 1.17. The van der Waals surface area contributed by atoms with Crippen molar-refractivity contribution in [3.63, 3.8) is 0 Å². The van der Waals surface area contributed by atoms with Gasteiger partial charge in [0.2, 0.25) is 5.91 Å². The van der Waals surface area contributed by atoms with Crippen LogP contribution in [0.2, 0.25) is 0 Å². The van der Waals surface area contributed by atoms with E-state index in [1.54, 1.807) is 25.3 Å². The minimum Gasteiger partial charge on any atom is -0.496 e. The first-order valence-electron chi connectivity index (χ1n) is 13.2. The molecule has 5 heteroatoms. The van der Waals surface area contributed by atoms with E-state index in [4.69, 9.17) is 16.3 Å². The summed E-state index contributed by atoms with van der Waals surface area (Å²) in [5.74, 6) is 1.12. The van der Waals surface area contributed by atoms with E-state index < -0.39 is 0 Å². The maximum absolute atomic E-state index is 12.5. The maximum atomic E-state index is 12.5. The Bertz CT molecular complexity index is 663. The number of anilines is 1. The second-order valence-electron chi connectivity index (χ2n) is 9.03. The molecule has 33 heavy (non-hydrogen) atoms. The summed E-state index contributed by atoms with van der Waals surface area (Å²) in [6, 6.07) is 5.26. The number of carbonyl (C=O) groups excluding carboxylic acids is 2. The molecule has 0 saturated carbocycles. The van der Waals surface area contributed by atoms with Gasteiger partial charge in [0.25, 0.3) is 0 Å². The molecule has 0 aliphatic heterocycles. The lowest BCUT2D eigenvalue weighted by molar-refractivity contribution is -0.116. The van der Waals surface area contributed by atoms with Crippen LogP contribution >= 0.6 is 11.6 Å². The number of ketones is 1. The van der Waals surface area contributed by atoms with Gasteiger partial charge < -0.3 is 10.1 Å². The molecule has 0 spiro atoms. The molecule has 0 unspecified atom stereocenters. The van der Waals surface area contributed by atoms with Crippen LogP contribution in [0.4, 0.5) is 5.69 Å². The summed E-state index contributed by atoms with van der Waals surface area (Å²) in [6.07, 6.45) is 19.3. The van der Waals surface area contributed by atoms with E-state index in [0.717, 1.165) is 25.7 Å². The van der Waals surface area contributed by atoms with E-state index in [-0.39, 0.29) is 11.7 Å². The summed E-state index contributed by atoms with van der Waals surface area (Å²) in [5, 5.41) is 2.93. The molecule has 1 rings (SSSR count). The summed E-state index contributed by atoms with van der Waals surface area (Å²) >= 11 is 5.70. The fourth-order valence-corrected chi connectivity index (χ4v) is 4.23. The normalized spacial score (nSPS) is 10.9. The minimum absolute atomic E-state index is 0.00350. The Balaban J connectivity index is 2.19. The van der Waals surface area contributed by atoms with Gasteiger partial charge in [0.1, 0.15) is 5.75 Å². The lowest BCUT2D eigenvalue weighted by Crippen LogP contribution is -2.12. The monoisotopic (exact) mass is 479 g/mol. The van der Waals surface area contributed by atoms with E-state index in [2.05, 4.69) is 12.2 Å². The van der Waals surface area contributed by atoms with E-state index in [0.29, 0.717) is 35.7 Å². The highest BCUT2D eigenvalue weighted by atomic mass is 35.5. The molecule has 0 saturated heterocycles. The van der Waals surface area contributed by atoms with Gasteiger partial charge in [-0.3, -0.25) is 9.59 Å². The van der Waals surface area contributed by atoms with Gasteiger partial charge in [-0.15, -0.1) is 11.6 Å². The summed E-state index contributed by atoms with van der Waals surface area (Å²) in [4.78, 5) is 24.8. The van der Waals surface area contributed by atoms with Crippen LogP contribution in [0.15, 0.2) is 18.2 Å². The third-order valence-electron chi connectivity index (χ3n) is 6.08. The highest BCUT2D eigenvalue weighted by molar-refractivity contribution is 6.17. The number of carbonyl (C=O) groups is 2. The Hall–Kier alpha value is -1.55. The summed E-state index contributed by atoms with van der Waals surface area (Å²) < 4.78 is 5.33. The van der Waals surface area contributed by atoms with Crippen molar-refractivity contribution < 1.29 is 14.3 Å². The molecular formula is C28H46ClNO3. The molecule has 0 aliphatic rings.